The van der Waals surface area contributed by atoms with Gasteiger partial charge in [-0.1, -0.05) is 62.8 Å². The summed E-state index contributed by atoms with van der Waals surface area (Å²) in [6, 6.07) is 10.9. The van der Waals surface area contributed by atoms with E-state index in [2.05, 4.69) is 17.6 Å². The maximum absolute atomic E-state index is 14.1. The van der Waals surface area contributed by atoms with Crippen LogP contribution in [0.5, 0.6) is 0 Å². The lowest BCUT2D eigenvalue weighted by molar-refractivity contribution is -0.143. The van der Waals surface area contributed by atoms with Crippen LogP contribution in [0.1, 0.15) is 106 Å². The van der Waals surface area contributed by atoms with Crippen molar-refractivity contribution in [3.8, 4) is 0 Å². The normalized spacial score (nSPS) is 15.3. The minimum absolute atomic E-state index is 0.0513. The molecule has 1 saturated heterocycles. The van der Waals surface area contributed by atoms with E-state index in [9.17, 15) is 19.2 Å². The highest BCUT2D eigenvalue weighted by molar-refractivity contribution is 6.30. The standard InChI is InChI=1S/C38H50ClN3O5/c1-7-8-9-10-11-16-38(36(46)41-37(4,5)6)17-19-42(20-18-38)35(45)30(23-27-12-14-28(39)15-13-27)40-34(44)33-24-31(43)29-21-25(2)26(3)22-32(29)47-33/h12-15,21-22,24,30H,7-11,16-20,23H2,1-6H3,(H,40,44)(H,41,46)/t30-/m1/s1. The number of piperidine rings is 1. The Balaban J connectivity index is 1.55. The third-order valence-corrected chi connectivity index (χ3v) is 9.54. The molecule has 0 radical (unpaired) electrons. The fraction of sp³-hybridized carbons (Fsp3) is 0.526. The van der Waals surface area contributed by atoms with E-state index in [1.807, 2.05) is 46.8 Å². The summed E-state index contributed by atoms with van der Waals surface area (Å²) in [5.74, 6) is -0.983. The van der Waals surface area contributed by atoms with Gasteiger partial charge in [-0.2, -0.15) is 0 Å². The minimum Gasteiger partial charge on any atom is -0.451 e. The Morgan fingerprint density at radius 3 is 2.23 bits per heavy atom. The van der Waals surface area contributed by atoms with E-state index in [4.69, 9.17) is 16.0 Å². The van der Waals surface area contributed by atoms with Gasteiger partial charge in [0.15, 0.2) is 11.2 Å². The first-order valence-electron chi connectivity index (χ1n) is 16.9. The Morgan fingerprint density at radius 1 is 0.957 bits per heavy atom. The average molecular weight is 664 g/mol. The maximum atomic E-state index is 14.1. The fourth-order valence-electron chi connectivity index (χ4n) is 6.32. The number of fused-ring (bicyclic) bond motifs is 1. The first-order chi connectivity index (χ1) is 22.2. The lowest BCUT2D eigenvalue weighted by Crippen LogP contribution is -2.56. The predicted molar refractivity (Wildman–Crippen MR) is 188 cm³/mol. The summed E-state index contributed by atoms with van der Waals surface area (Å²) in [6.07, 6.45) is 7.66. The molecule has 1 aliphatic rings. The van der Waals surface area contributed by atoms with Crippen LogP contribution < -0.4 is 16.1 Å². The maximum Gasteiger partial charge on any atom is 0.287 e. The number of carbonyl (C=O) groups excluding carboxylic acids is 3. The zero-order chi connectivity index (χ0) is 34.4. The molecule has 1 fully saturated rings. The number of aryl methyl sites for hydroxylation is 2. The molecule has 9 heteroatoms. The van der Waals surface area contributed by atoms with Crippen LogP contribution in [-0.2, 0) is 16.0 Å². The Bertz CT molecular complexity index is 1630. The zero-order valence-electron chi connectivity index (χ0n) is 28.8. The Labute approximate surface area is 283 Å². The lowest BCUT2D eigenvalue weighted by atomic mass is 9.73. The van der Waals surface area contributed by atoms with Crippen LogP contribution in [-0.4, -0.2) is 47.3 Å². The molecule has 1 aromatic heterocycles. The van der Waals surface area contributed by atoms with Gasteiger partial charge >= 0.3 is 0 Å². The average Bonchev–Trinajstić information content (AvgIpc) is 3.01. The van der Waals surface area contributed by atoms with Crippen molar-refractivity contribution in [1.29, 1.82) is 0 Å². The molecule has 4 rings (SSSR count). The Morgan fingerprint density at radius 2 is 1.60 bits per heavy atom. The summed E-state index contributed by atoms with van der Waals surface area (Å²) in [6.45, 7) is 12.8. The predicted octanol–water partition coefficient (Wildman–Crippen LogP) is 7.29. The van der Waals surface area contributed by atoms with Crippen molar-refractivity contribution in [2.24, 2.45) is 5.41 Å². The van der Waals surface area contributed by atoms with Crippen LogP contribution in [0, 0.1) is 19.3 Å². The van der Waals surface area contributed by atoms with Gasteiger partial charge in [0.2, 0.25) is 11.8 Å². The van der Waals surface area contributed by atoms with E-state index in [0.29, 0.717) is 41.9 Å². The van der Waals surface area contributed by atoms with Gasteiger partial charge < -0.3 is 20.0 Å². The van der Waals surface area contributed by atoms with Gasteiger partial charge in [-0.3, -0.25) is 19.2 Å². The number of amides is 3. The Hall–Kier alpha value is -3.65. The summed E-state index contributed by atoms with van der Waals surface area (Å²) in [5.41, 5.74) is 1.80. The number of carbonyl (C=O) groups is 3. The van der Waals surface area contributed by atoms with Crippen molar-refractivity contribution in [2.75, 3.05) is 13.1 Å². The van der Waals surface area contributed by atoms with Gasteiger partial charge in [-0.05, 0) is 94.8 Å². The van der Waals surface area contributed by atoms with E-state index >= 15 is 0 Å². The van der Waals surface area contributed by atoms with Gasteiger partial charge in [0.25, 0.3) is 5.91 Å². The molecular formula is C38H50ClN3O5. The molecule has 254 valence electrons. The number of benzene rings is 2. The highest BCUT2D eigenvalue weighted by atomic mass is 35.5. The number of nitrogens with zero attached hydrogens (tertiary/aromatic N) is 1. The SMILES string of the molecule is CCCCCCCC1(C(=O)NC(C)(C)C)CCN(C(=O)[C@@H](Cc2ccc(Cl)cc2)NC(=O)c2cc(=O)c3cc(C)c(C)cc3o2)CC1. The van der Waals surface area contributed by atoms with Crippen LogP contribution in [0.3, 0.4) is 0 Å². The van der Waals surface area contributed by atoms with E-state index < -0.39 is 17.4 Å². The first kappa shape index (κ1) is 36.2. The molecule has 0 saturated carbocycles. The van der Waals surface area contributed by atoms with Gasteiger partial charge in [-0.25, -0.2) is 0 Å². The van der Waals surface area contributed by atoms with Crippen molar-refractivity contribution in [3.63, 3.8) is 0 Å². The number of unbranched alkanes of at least 4 members (excludes halogenated alkanes) is 4. The largest absolute Gasteiger partial charge is 0.451 e. The third kappa shape index (κ3) is 9.47. The summed E-state index contributed by atoms with van der Waals surface area (Å²) in [7, 11) is 0. The molecule has 1 aliphatic heterocycles. The van der Waals surface area contributed by atoms with Crippen LogP contribution >= 0.6 is 11.6 Å². The monoisotopic (exact) mass is 663 g/mol. The third-order valence-electron chi connectivity index (χ3n) is 9.29. The lowest BCUT2D eigenvalue weighted by Gasteiger charge is -2.43. The van der Waals surface area contributed by atoms with Crippen LogP contribution in [0.4, 0.5) is 0 Å². The van der Waals surface area contributed by atoms with Gasteiger partial charge in [-0.15, -0.1) is 0 Å². The van der Waals surface area contributed by atoms with Crippen molar-refractivity contribution in [2.45, 2.75) is 111 Å². The smallest absolute Gasteiger partial charge is 0.287 e. The van der Waals surface area contributed by atoms with Crippen molar-refractivity contribution in [1.82, 2.24) is 15.5 Å². The number of hydrogen-bond donors (Lipinski definition) is 2. The molecule has 47 heavy (non-hydrogen) atoms. The van der Waals surface area contributed by atoms with E-state index in [1.54, 1.807) is 29.2 Å². The van der Waals surface area contributed by atoms with Crippen LogP contribution in [0.2, 0.25) is 5.02 Å². The molecule has 2 N–H and O–H groups in total. The number of halogens is 1. The molecule has 0 unspecified atom stereocenters. The molecule has 0 bridgehead atoms. The zero-order valence-corrected chi connectivity index (χ0v) is 29.5. The fourth-order valence-corrected chi connectivity index (χ4v) is 6.44. The number of nitrogens with one attached hydrogen (secondary N) is 2. The van der Waals surface area contributed by atoms with E-state index in [0.717, 1.165) is 48.8 Å². The quantitative estimate of drug-likeness (QED) is 0.198. The molecule has 0 spiro atoms. The van der Waals surface area contributed by atoms with Crippen LogP contribution in [0.15, 0.2) is 51.7 Å². The van der Waals surface area contributed by atoms with E-state index in [1.165, 1.54) is 12.5 Å². The number of likely N-dealkylation sites (tertiary alicyclic amines) is 1. The van der Waals surface area contributed by atoms with Crippen LogP contribution in [0.25, 0.3) is 11.0 Å². The number of hydrogen-bond acceptors (Lipinski definition) is 5. The molecule has 8 nitrogen and oxygen atoms in total. The molecule has 1 atom stereocenters. The summed E-state index contributed by atoms with van der Waals surface area (Å²) in [4.78, 5) is 56.1. The van der Waals surface area contributed by atoms with Gasteiger partial charge in [0.1, 0.15) is 11.6 Å². The molecule has 3 amide bonds. The summed E-state index contributed by atoms with van der Waals surface area (Å²) < 4.78 is 5.89. The highest BCUT2D eigenvalue weighted by Crippen LogP contribution is 2.38. The second-order valence-electron chi connectivity index (χ2n) is 14.2. The van der Waals surface area contributed by atoms with Crippen molar-refractivity contribution >= 4 is 40.3 Å². The van der Waals surface area contributed by atoms with Gasteiger partial charge in [0.05, 0.1) is 10.8 Å². The second kappa shape index (κ2) is 15.5. The number of rotatable bonds is 12. The molecule has 2 heterocycles. The molecular weight excluding hydrogens is 614 g/mol. The molecule has 2 aromatic carbocycles. The topological polar surface area (TPSA) is 109 Å². The summed E-state index contributed by atoms with van der Waals surface area (Å²) >= 11 is 6.11. The molecule has 0 aliphatic carbocycles. The highest BCUT2D eigenvalue weighted by Gasteiger charge is 2.43. The second-order valence-corrected chi connectivity index (χ2v) is 14.7. The summed E-state index contributed by atoms with van der Waals surface area (Å²) in [5, 5.41) is 7.04. The first-order valence-corrected chi connectivity index (χ1v) is 17.3. The van der Waals surface area contributed by atoms with Crippen molar-refractivity contribution in [3.05, 3.63) is 80.2 Å². The minimum atomic E-state index is -0.922. The Kier molecular flexibility index (Phi) is 11.9. The molecule has 3 aromatic rings. The van der Waals surface area contributed by atoms with Crippen molar-refractivity contribution < 1.29 is 18.8 Å². The van der Waals surface area contributed by atoms with E-state index in [-0.39, 0.29) is 35.0 Å². The van der Waals surface area contributed by atoms with Gasteiger partial charge in [0, 0.05) is 36.1 Å².